The van der Waals surface area contributed by atoms with Crippen molar-refractivity contribution in [2.45, 2.75) is 32.8 Å². The highest BCUT2D eigenvalue weighted by atomic mass is 16.3. The Bertz CT molecular complexity index is 1080. The summed E-state index contributed by atoms with van der Waals surface area (Å²) in [6.07, 6.45) is 4.01. The van der Waals surface area contributed by atoms with Crippen LogP contribution in [0.4, 0.5) is 11.4 Å². The molecule has 0 radical (unpaired) electrons. The van der Waals surface area contributed by atoms with Gasteiger partial charge in [-0.25, -0.2) is 0 Å². The molecule has 1 atom stereocenters. The highest BCUT2D eigenvalue weighted by Crippen LogP contribution is 2.28. The third-order valence-electron chi connectivity index (χ3n) is 4.48. The van der Waals surface area contributed by atoms with Crippen molar-refractivity contribution in [2.24, 2.45) is 0 Å². The summed E-state index contributed by atoms with van der Waals surface area (Å²) in [5, 5.41) is 15.4. The van der Waals surface area contributed by atoms with E-state index in [2.05, 4.69) is 25.6 Å². The van der Waals surface area contributed by atoms with E-state index >= 15 is 0 Å². The van der Waals surface area contributed by atoms with Crippen LogP contribution < -0.4 is 16.2 Å². The number of pyridine rings is 3. The topological polar surface area (TPSA) is 120 Å². The number of hydrogen-bond acceptors (Lipinski definition) is 6. The van der Waals surface area contributed by atoms with Crippen LogP contribution in [0, 0.1) is 0 Å². The molecule has 1 unspecified atom stereocenters. The van der Waals surface area contributed by atoms with Crippen LogP contribution in [-0.2, 0) is 0 Å². The average Bonchev–Trinajstić information content (AvgIpc) is 2.73. The molecule has 0 spiro atoms. The number of aliphatic hydroxyl groups is 1. The first-order valence-corrected chi connectivity index (χ1v) is 9.72. The van der Waals surface area contributed by atoms with E-state index in [9.17, 15) is 14.7 Å². The summed E-state index contributed by atoms with van der Waals surface area (Å²) < 4.78 is 0. The standard InChI is InChI=1S/C22H25N5O3/c1-13(2)20-19(10-15(22(30)27-20)17-6-4-5-8-24-17)26-18-7-9-23-12-16(18)21(29)25-11-14(3)28/h4-10,12-14,28H,11H2,1-3H3,(H,23,26)(H,25,29)(H,27,30). The summed E-state index contributed by atoms with van der Waals surface area (Å²) in [4.78, 5) is 36.5. The van der Waals surface area contributed by atoms with Crippen LogP contribution >= 0.6 is 0 Å². The van der Waals surface area contributed by atoms with E-state index in [0.717, 1.165) is 0 Å². The SMILES string of the molecule is CC(O)CNC(=O)c1cnccc1Nc1cc(-c2ccccn2)c(=O)[nH]c1C(C)C. The van der Waals surface area contributed by atoms with Crippen molar-refractivity contribution in [2.75, 3.05) is 11.9 Å². The van der Waals surface area contributed by atoms with Gasteiger partial charge < -0.3 is 20.7 Å². The molecule has 0 saturated heterocycles. The number of aromatic nitrogens is 3. The van der Waals surface area contributed by atoms with Gasteiger partial charge in [0.15, 0.2) is 0 Å². The van der Waals surface area contributed by atoms with Crippen molar-refractivity contribution in [1.82, 2.24) is 20.3 Å². The van der Waals surface area contributed by atoms with Gasteiger partial charge in [0.1, 0.15) is 0 Å². The van der Waals surface area contributed by atoms with Gasteiger partial charge in [-0.3, -0.25) is 19.6 Å². The third kappa shape index (κ3) is 4.90. The number of carbonyl (C=O) groups is 1. The van der Waals surface area contributed by atoms with Gasteiger partial charge in [0.05, 0.1) is 34.3 Å². The van der Waals surface area contributed by atoms with E-state index in [1.165, 1.54) is 6.20 Å². The molecular weight excluding hydrogens is 382 g/mol. The molecule has 0 aliphatic carbocycles. The Morgan fingerprint density at radius 1 is 1.17 bits per heavy atom. The lowest BCUT2D eigenvalue weighted by Crippen LogP contribution is -2.31. The zero-order valence-electron chi connectivity index (χ0n) is 17.1. The van der Waals surface area contributed by atoms with Crippen LogP contribution in [-0.4, -0.2) is 38.6 Å². The lowest BCUT2D eigenvalue weighted by atomic mass is 10.0. The summed E-state index contributed by atoms with van der Waals surface area (Å²) in [5.41, 5.74) is 3.01. The van der Waals surface area contributed by atoms with Crippen molar-refractivity contribution >= 4 is 17.3 Å². The Morgan fingerprint density at radius 3 is 2.63 bits per heavy atom. The lowest BCUT2D eigenvalue weighted by molar-refractivity contribution is 0.0924. The van der Waals surface area contributed by atoms with E-state index in [1.54, 1.807) is 43.6 Å². The predicted molar refractivity (Wildman–Crippen MR) is 116 cm³/mol. The molecule has 8 nitrogen and oxygen atoms in total. The van der Waals surface area contributed by atoms with E-state index < -0.39 is 6.10 Å². The number of nitrogens with zero attached hydrogens (tertiary/aromatic N) is 2. The molecule has 8 heteroatoms. The Morgan fingerprint density at radius 2 is 1.97 bits per heavy atom. The number of hydrogen-bond donors (Lipinski definition) is 4. The second kappa shape index (κ2) is 9.32. The van der Waals surface area contributed by atoms with Gasteiger partial charge >= 0.3 is 0 Å². The van der Waals surface area contributed by atoms with Gasteiger partial charge in [-0.1, -0.05) is 19.9 Å². The largest absolute Gasteiger partial charge is 0.392 e. The monoisotopic (exact) mass is 407 g/mol. The molecule has 0 fully saturated rings. The highest BCUT2D eigenvalue weighted by molar-refractivity contribution is 6.00. The normalized spacial score (nSPS) is 11.9. The molecular formula is C22H25N5O3. The number of aliphatic hydroxyl groups excluding tert-OH is 1. The van der Waals surface area contributed by atoms with Gasteiger partial charge in [0.2, 0.25) is 0 Å². The van der Waals surface area contributed by atoms with E-state index in [4.69, 9.17) is 0 Å². The fraction of sp³-hybridized carbons (Fsp3) is 0.273. The van der Waals surface area contributed by atoms with Crippen molar-refractivity contribution in [3.8, 4) is 11.3 Å². The maximum absolute atomic E-state index is 12.7. The molecule has 4 N–H and O–H groups in total. The maximum Gasteiger partial charge on any atom is 0.257 e. The zero-order chi connectivity index (χ0) is 21.7. The van der Waals surface area contributed by atoms with Gasteiger partial charge in [0, 0.05) is 30.8 Å². The number of H-pyrrole nitrogens is 1. The second-order valence-corrected chi connectivity index (χ2v) is 7.31. The highest BCUT2D eigenvalue weighted by Gasteiger charge is 2.17. The summed E-state index contributed by atoms with van der Waals surface area (Å²) in [7, 11) is 0. The van der Waals surface area contributed by atoms with E-state index in [1.807, 2.05) is 19.9 Å². The molecule has 0 saturated carbocycles. The van der Waals surface area contributed by atoms with Gasteiger partial charge in [0.25, 0.3) is 11.5 Å². The first-order valence-electron chi connectivity index (χ1n) is 9.72. The molecule has 156 valence electrons. The minimum atomic E-state index is -0.658. The minimum Gasteiger partial charge on any atom is -0.392 e. The van der Waals surface area contributed by atoms with Gasteiger partial charge in [-0.2, -0.15) is 0 Å². The Hall–Kier alpha value is -3.52. The number of rotatable bonds is 7. The molecule has 3 aromatic rings. The van der Waals surface area contributed by atoms with Crippen molar-refractivity contribution < 1.29 is 9.90 Å². The van der Waals surface area contributed by atoms with E-state index in [0.29, 0.717) is 33.9 Å². The fourth-order valence-electron chi connectivity index (χ4n) is 2.98. The second-order valence-electron chi connectivity index (χ2n) is 7.31. The minimum absolute atomic E-state index is 0.0346. The summed E-state index contributed by atoms with van der Waals surface area (Å²) >= 11 is 0. The van der Waals surface area contributed by atoms with Crippen LogP contribution in [0.5, 0.6) is 0 Å². The summed E-state index contributed by atoms with van der Waals surface area (Å²) in [6.45, 7) is 5.67. The molecule has 30 heavy (non-hydrogen) atoms. The quantitative estimate of drug-likeness (QED) is 0.478. The molecule has 3 aromatic heterocycles. The van der Waals surface area contributed by atoms with Crippen LogP contribution in [0.2, 0.25) is 0 Å². The molecule has 0 bridgehead atoms. The number of aromatic amines is 1. The molecule has 0 aliphatic rings. The smallest absolute Gasteiger partial charge is 0.257 e. The molecule has 1 amide bonds. The lowest BCUT2D eigenvalue weighted by Gasteiger charge is -2.18. The van der Waals surface area contributed by atoms with Gasteiger partial charge in [-0.05, 0) is 37.1 Å². The summed E-state index contributed by atoms with van der Waals surface area (Å²) in [5.74, 6) is -0.320. The molecule has 0 aromatic carbocycles. The Kier molecular flexibility index (Phi) is 6.58. The number of amides is 1. The summed E-state index contributed by atoms with van der Waals surface area (Å²) in [6, 6.07) is 8.80. The molecule has 0 aliphatic heterocycles. The Labute approximate surface area is 174 Å². The Balaban J connectivity index is 2.02. The molecule has 3 heterocycles. The zero-order valence-corrected chi connectivity index (χ0v) is 17.1. The van der Waals surface area contributed by atoms with Crippen LogP contribution in [0.1, 0.15) is 42.7 Å². The molecule has 3 rings (SSSR count). The van der Waals surface area contributed by atoms with Crippen molar-refractivity contribution in [3.63, 3.8) is 0 Å². The van der Waals surface area contributed by atoms with E-state index in [-0.39, 0.29) is 23.9 Å². The first kappa shape index (κ1) is 21.2. The van der Waals surface area contributed by atoms with Crippen LogP contribution in [0.25, 0.3) is 11.3 Å². The van der Waals surface area contributed by atoms with Crippen molar-refractivity contribution in [3.05, 3.63) is 70.5 Å². The van der Waals surface area contributed by atoms with Crippen LogP contribution in [0.15, 0.2) is 53.7 Å². The number of carbonyl (C=O) groups excluding carboxylic acids is 1. The average molecular weight is 407 g/mol. The number of nitrogens with one attached hydrogen (secondary N) is 3. The number of anilines is 2. The third-order valence-corrected chi connectivity index (χ3v) is 4.48. The van der Waals surface area contributed by atoms with Gasteiger partial charge in [-0.15, -0.1) is 0 Å². The maximum atomic E-state index is 12.7. The van der Waals surface area contributed by atoms with Crippen LogP contribution in [0.3, 0.4) is 0 Å². The fourth-order valence-corrected chi connectivity index (χ4v) is 2.98. The first-order chi connectivity index (χ1) is 14.4. The van der Waals surface area contributed by atoms with Crippen molar-refractivity contribution in [1.29, 1.82) is 0 Å². The predicted octanol–water partition coefficient (Wildman–Crippen LogP) is 2.81.